The Hall–Kier alpha value is -2.11. The Morgan fingerprint density at radius 3 is 2.70 bits per heavy atom. The van der Waals surface area contributed by atoms with E-state index in [1.807, 2.05) is 6.92 Å². The minimum Gasteiger partial charge on any atom is -0.481 e. The summed E-state index contributed by atoms with van der Waals surface area (Å²) in [5.74, 6) is -1.74. The van der Waals surface area contributed by atoms with Gasteiger partial charge < -0.3 is 14.7 Å². The number of carbonyl (C=O) groups is 2. The maximum Gasteiger partial charge on any atom is 0.323 e. The normalized spacial score (nSPS) is 11.8. The topological polar surface area (TPSA) is 66.8 Å². The number of aliphatic carboxylic acids is 1. The lowest BCUT2D eigenvalue weighted by Gasteiger charge is -2.24. The van der Waals surface area contributed by atoms with Crippen molar-refractivity contribution in [3.05, 3.63) is 30.1 Å². The monoisotopic (exact) mass is 283 g/mol. The molecule has 0 aliphatic carbocycles. The van der Waals surface area contributed by atoms with Crippen LogP contribution < -0.4 is 4.74 Å². The van der Waals surface area contributed by atoms with Crippen LogP contribution in [-0.4, -0.2) is 41.1 Å². The van der Waals surface area contributed by atoms with Crippen LogP contribution in [0.2, 0.25) is 0 Å². The number of hydrogen-bond donors (Lipinski definition) is 1. The molecular weight excluding hydrogens is 265 g/mol. The highest BCUT2D eigenvalue weighted by Crippen LogP contribution is 2.14. The third-order valence-corrected chi connectivity index (χ3v) is 2.59. The fourth-order valence-electron chi connectivity index (χ4n) is 1.75. The molecule has 20 heavy (non-hydrogen) atoms. The van der Waals surface area contributed by atoms with Crippen LogP contribution in [0.15, 0.2) is 24.3 Å². The standard InChI is InChI=1S/C14H18FNO4/c1-3-7-16(9-13(17)18)14(19)10(2)20-12-6-4-5-11(15)8-12/h4-6,8,10H,3,7,9H2,1-2H3,(H,17,18). The number of halogens is 1. The number of carboxylic acid groups (broad SMARTS) is 1. The van der Waals surface area contributed by atoms with Gasteiger partial charge in [-0.3, -0.25) is 9.59 Å². The first-order valence-electron chi connectivity index (χ1n) is 6.36. The Bertz CT molecular complexity index is 478. The Morgan fingerprint density at radius 2 is 2.15 bits per heavy atom. The van der Waals surface area contributed by atoms with Crippen molar-refractivity contribution in [2.45, 2.75) is 26.4 Å². The Balaban J connectivity index is 2.70. The van der Waals surface area contributed by atoms with Crippen molar-refractivity contribution < 1.29 is 23.8 Å². The fraction of sp³-hybridized carbons (Fsp3) is 0.429. The highest BCUT2D eigenvalue weighted by atomic mass is 19.1. The van der Waals surface area contributed by atoms with E-state index in [4.69, 9.17) is 9.84 Å². The van der Waals surface area contributed by atoms with Crippen LogP contribution in [-0.2, 0) is 9.59 Å². The molecular formula is C14H18FNO4. The number of carboxylic acids is 1. The van der Waals surface area contributed by atoms with E-state index in [2.05, 4.69) is 0 Å². The van der Waals surface area contributed by atoms with Gasteiger partial charge in [0.15, 0.2) is 6.10 Å². The van der Waals surface area contributed by atoms with Crippen LogP contribution in [0.1, 0.15) is 20.3 Å². The lowest BCUT2D eigenvalue weighted by Crippen LogP contribution is -2.43. The summed E-state index contributed by atoms with van der Waals surface area (Å²) in [6, 6.07) is 5.45. The summed E-state index contributed by atoms with van der Waals surface area (Å²) >= 11 is 0. The summed E-state index contributed by atoms with van der Waals surface area (Å²) < 4.78 is 18.4. The molecule has 0 aliphatic rings. The van der Waals surface area contributed by atoms with Crippen LogP contribution in [0.4, 0.5) is 4.39 Å². The molecule has 0 bridgehead atoms. The van der Waals surface area contributed by atoms with Crippen LogP contribution in [0.5, 0.6) is 5.75 Å². The molecule has 110 valence electrons. The summed E-state index contributed by atoms with van der Waals surface area (Å²) in [6.45, 7) is 3.32. The van der Waals surface area contributed by atoms with E-state index < -0.39 is 23.8 Å². The second-order valence-corrected chi connectivity index (χ2v) is 4.37. The summed E-state index contributed by atoms with van der Waals surface area (Å²) in [5.41, 5.74) is 0. The van der Waals surface area contributed by atoms with Crippen molar-refractivity contribution in [2.75, 3.05) is 13.1 Å². The van der Waals surface area contributed by atoms with E-state index in [1.165, 1.54) is 36.1 Å². The zero-order valence-corrected chi connectivity index (χ0v) is 11.5. The number of rotatable bonds is 7. The molecule has 0 saturated heterocycles. The van der Waals surface area contributed by atoms with E-state index >= 15 is 0 Å². The number of ether oxygens (including phenoxy) is 1. The van der Waals surface area contributed by atoms with Crippen molar-refractivity contribution in [1.82, 2.24) is 4.90 Å². The average molecular weight is 283 g/mol. The predicted molar refractivity (Wildman–Crippen MR) is 71.0 cm³/mol. The molecule has 1 aromatic carbocycles. The molecule has 0 heterocycles. The summed E-state index contributed by atoms with van der Waals surface area (Å²) in [7, 11) is 0. The zero-order valence-electron chi connectivity index (χ0n) is 11.5. The largest absolute Gasteiger partial charge is 0.481 e. The number of benzene rings is 1. The van der Waals surface area contributed by atoms with Gasteiger partial charge in [0.2, 0.25) is 0 Å². The van der Waals surface area contributed by atoms with Crippen molar-refractivity contribution in [2.24, 2.45) is 0 Å². The molecule has 1 unspecified atom stereocenters. The zero-order chi connectivity index (χ0) is 15.1. The van der Waals surface area contributed by atoms with Crippen molar-refractivity contribution in [3.8, 4) is 5.75 Å². The lowest BCUT2D eigenvalue weighted by atomic mass is 10.3. The van der Waals surface area contributed by atoms with Gasteiger partial charge in [-0.1, -0.05) is 13.0 Å². The van der Waals surface area contributed by atoms with E-state index in [0.29, 0.717) is 13.0 Å². The molecule has 0 aromatic heterocycles. The number of amides is 1. The van der Waals surface area contributed by atoms with Crippen molar-refractivity contribution >= 4 is 11.9 Å². The summed E-state index contributed by atoms with van der Waals surface area (Å²) in [4.78, 5) is 24.0. The van der Waals surface area contributed by atoms with Gasteiger partial charge >= 0.3 is 5.97 Å². The highest BCUT2D eigenvalue weighted by molar-refractivity contribution is 5.84. The van der Waals surface area contributed by atoms with Crippen LogP contribution in [0.25, 0.3) is 0 Å². The van der Waals surface area contributed by atoms with Gasteiger partial charge in [0, 0.05) is 12.6 Å². The van der Waals surface area contributed by atoms with Crippen molar-refractivity contribution in [3.63, 3.8) is 0 Å². The molecule has 1 N–H and O–H groups in total. The van der Waals surface area contributed by atoms with Crippen molar-refractivity contribution in [1.29, 1.82) is 0 Å². The molecule has 1 aromatic rings. The minimum absolute atomic E-state index is 0.234. The van der Waals surface area contributed by atoms with Gasteiger partial charge in [0.05, 0.1) is 0 Å². The second-order valence-electron chi connectivity index (χ2n) is 4.37. The van der Waals surface area contributed by atoms with Gasteiger partial charge in [0.25, 0.3) is 5.91 Å². The van der Waals surface area contributed by atoms with Gasteiger partial charge in [-0.05, 0) is 25.5 Å². The summed E-state index contributed by atoms with van der Waals surface area (Å²) in [5, 5.41) is 8.78. The first-order chi connectivity index (χ1) is 9.43. The van der Waals surface area contributed by atoms with E-state index in [0.717, 1.165) is 0 Å². The molecule has 1 rings (SSSR count). The molecule has 0 saturated carbocycles. The lowest BCUT2D eigenvalue weighted by molar-refractivity contribution is -0.147. The average Bonchev–Trinajstić information content (AvgIpc) is 2.36. The SMILES string of the molecule is CCCN(CC(=O)O)C(=O)C(C)Oc1cccc(F)c1. The van der Waals surface area contributed by atoms with Crippen LogP contribution in [0.3, 0.4) is 0 Å². The molecule has 1 amide bonds. The van der Waals surface area contributed by atoms with Crippen LogP contribution >= 0.6 is 0 Å². The smallest absolute Gasteiger partial charge is 0.323 e. The third kappa shape index (κ3) is 4.87. The maximum absolute atomic E-state index is 13.0. The first-order valence-corrected chi connectivity index (χ1v) is 6.36. The molecule has 0 radical (unpaired) electrons. The predicted octanol–water partition coefficient (Wildman–Crippen LogP) is 1.92. The first kappa shape index (κ1) is 15.9. The number of hydrogen-bond acceptors (Lipinski definition) is 3. The Labute approximate surface area is 117 Å². The van der Waals surface area contributed by atoms with Gasteiger partial charge in [-0.15, -0.1) is 0 Å². The van der Waals surface area contributed by atoms with E-state index in [1.54, 1.807) is 0 Å². The summed E-state index contributed by atoms with van der Waals surface area (Å²) in [6.07, 6.45) is -0.228. The van der Waals surface area contributed by atoms with Crippen LogP contribution in [0, 0.1) is 5.82 Å². The van der Waals surface area contributed by atoms with E-state index in [-0.39, 0.29) is 12.3 Å². The van der Waals surface area contributed by atoms with E-state index in [9.17, 15) is 14.0 Å². The molecule has 1 atom stereocenters. The Morgan fingerprint density at radius 1 is 1.45 bits per heavy atom. The Kier molecular flexibility index (Phi) is 5.96. The second kappa shape index (κ2) is 7.47. The molecule has 5 nitrogen and oxygen atoms in total. The maximum atomic E-state index is 13.0. The quantitative estimate of drug-likeness (QED) is 0.830. The molecule has 0 fully saturated rings. The van der Waals surface area contributed by atoms with Gasteiger partial charge in [0.1, 0.15) is 18.1 Å². The van der Waals surface area contributed by atoms with Gasteiger partial charge in [-0.2, -0.15) is 0 Å². The number of carbonyl (C=O) groups excluding carboxylic acids is 1. The molecule has 0 spiro atoms. The number of nitrogens with zero attached hydrogens (tertiary/aromatic N) is 1. The molecule has 6 heteroatoms. The van der Waals surface area contributed by atoms with Gasteiger partial charge in [-0.25, -0.2) is 4.39 Å². The molecule has 0 aliphatic heterocycles. The minimum atomic E-state index is -1.08. The fourth-order valence-corrected chi connectivity index (χ4v) is 1.75. The third-order valence-electron chi connectivity index (χ3n) is 2.59. The highest BCUT2D eigenvalue weighted by Gasteiger charge is 2.23.